The molecule has 0 aromatic carbocycles. The molecule has 0 spiro atoms. The number of hydrogen-bond acceptors (Lipinski definition) is 9. The molecule has 0 unspecified atom stereocenters. The average Bonchev–Trinajstić information content (AvgIpc) is 2.91. The molecule has 100 valence electrons. The van der Waals surface area contributed by atoms with Crippen molar-refractivity contribution in [2.24, 2.45) is 5.16 Å². The maximum atomic E-state index is 11.7. The molecule has 19 heavy (non-hydrogen) atoms. The van der Waals surface area contributed by atoms with E-state index >= 15 is 0 Å². The number of nitrogens with zero attached hydrogens (tertiary/aromatic N) is 3. The molecule has 10 heteroatoms. The van der Waals surface area contributed by atoms with Crippen LogP contribution in [0.4, 0.5) is 5.13 Å². The largest absolute Gasteiger partial charge is 0.410 e. The van der Waals surface area contributed by atoms with E-state index in [9.17, 15) is 14.4 Å². The topological polar surface area (TPSA) is 135 Å². The minimum absolute atomic E-state index is 0.00547. The number of nitrogen functional groups attached to an aromatic ring is 1. The van der Waals surface area contributed by atoms with Gasteiger partial charge in [0.05, 0.1) is 0 Å². The number of thiazole rings is 1. The van der Waals surface area contributed by atoms with Gasteiger partial charge in [-0.2, -0.15) is 0 Å². The molecule has 2 rings (SSSR count). The molecule has 3 N–H and O–H groups in total. The normalized spacial score (nSPS) is 16.0. The quantitative estimate of drug-likeness (QED) is 0.331. The van der Waals surface area contributed by atoms with Gasteiger partial charge in [0.25, 0.3) is 11.8 Å². The Morgan fingerprint density at radius 2 is 2.11 bits per heavy atom. The smallest absolute Gasteiger partial charge is 0.387 e. The molecule has 1 aliphatic heterocycles. The van der Waals surface area contributed by atoms with E-state index in [1.54, 1.807) is 0 Å². The number of nitrogens with two attached hydrogens (primary N) is 1. The van der Waals surface area contributed by atoms with E-state index in [4.69, 9.17) is 10.9 Å². The molecule has 0 saturated carbocycles. The summed E-state index contributed by atoms with van der Waals surface area (Å²) in [6.07, 6.45) is -0.0528. The first kappa shape index (κ1) is 13.0. The standard InChI is InChI=1S/C9H8N4O5S/c10-9-11-4(3-19-9)7(12-17)8(16)18-13-5(14)1-2-6(13)15/h3,17H,1-2H2,(H2,10,11). The number of rotatable bonds is 3. The summed E-state index contributed by atoms with van der Waals surface area (Å²) in [4.78, 5) is 42.5. The van der Waals surface area contributed by atoms with Gasteiger partial charge in [-0.3, -0.25) is 9.59 Å². The fourth-order valence-corrected chi connectivity index (χ4v) is 1.92. The number of aromatic nitrogens is 1. The lowest BCUT2D eigenvalue weighted by Crippen LogP contribution is -2.35. The van der Waals surface area contributed by atoms with Crippen LogP contribution in [0.2, 0.25) is 0 Å². The van der Waals surface area contributed by atoms with Gasteiger partial charge in [-0.15, -0.1) is 16.4 Å². The van der Waals surface area contributed by atoms with Gasteiger partial charge < -0.3 is 15.8 Å². The Bertz CT molecular complexity index is 565. The van der Waals surface area contributed by atoms with Gasteiger partial charge in [0.15, 0.2) is 5.13 Å². The Kier molecular flexibility index (Phi) is 3.42. The lowest BCUT2D eigenvalue weighted by molar-refractivity contribution is -0.192. The molecule has 9 nitrogen and oxygen atoms in total. The van der Waals surface area contributed by atoms with Crippen LogP contribution in [0.15, 0.2) is 10.5 Å². The molecule has 0 aliphatic carbocycles. The van der Waals surface area contributed by atoms with E-state index in [2.05, 4.69) is 15.0 Å². The molecular formula is C9H8N4O5S. The number of amides is 2. The van der Waals surface area contributed by atoms with Crippen LogP contribution >= 0.6 is 11.3 Å². The van der Waals surface area contributed by atoms with Crippen molar-refractivity contribution in [3.05, 3.63) is 11.1 Å². The van der Waals surface area contributed by atoms with Crippen LogP contribution in [0.3, 0.4) is 0 Å². The molecule has 2 heterocycles. The van der Waals surface area contributed by atoms with E-state index in [0.29, 0.717) is 5.06 Å². The van der Waals surface area contributed by atoms with Gasteiger partial charge >= 0.3 is 5.97 Å². The Morgan fingerprint density at radius 3 is 2.58 bits per heavy atom. The van der Waals surface area contributed by atoms with Crippen molar-refractivity contribution in [1.82, 2.24) is 10.0 Å². The number of hydrogen-bond donors (Lipinski definition) is 2. The van der Waals surface area contributed by atoms with Crippen molar-refractivity contribution in [3.8, 4) is 0 Å². The SMILES string of the molecule is Nc1nc(C(=NO)C(=O)ON2C(=O)CCC2=O)cs1. The molecular weight excluding hydrogens is 276 g/mol. The minimum Gasteiger partial charge on any atom is -0.410 e. The molecule has 0 bridgehead atoms. The lowest BCUT2D eigenvalue weighted by atomic mass is 10.3. The van der Waals surface area contributed by atoms with Crippen LogP contribution in [-0.2, 0) is 19.2 Å². The fourth-order valence-electron chi connectivity index (χ4n) is 1.38. The molecule has 1 aromatic heterocycles. The van der Waals surface area contributed by atoms with Gasteiger partial charge in [0.2, 0.25) is 5.71 Å². The van der Waals surface area contributed by atoms with Gasteiger partial charge in [-0.05, 0) is 0 Å². The maximum absolute atomic E-state index is 11.7. The first-order chi connectivity index (χ1) is 9.02. The lowest BCUT2D eigenvalue weighted by Gasteiger charge is -2.12. The summed E-state index contributed by atoms with van der Waals surface area (Å²) < 4.78 is 0. The second kappa shape index (κ2) is 5.02. The summed E-state index contributed by atoms with van der Waals surface area (Å²) in [5.74, 6) is -2.43. The maximum Gasteiger partial charge on any atom is 0.387 e. The average molecular weight is 284 g/mol. The highest BCUT2D eigenvalue weighted by Crippen LogP contribution is 2.15. The van der Waals surface area contributed by atoms with E-state index < -0.39 is 23.5 Å². The van der Waals surface area contributed by atoms with E-state index in [0.717, 1.165) is 11.3 Å². The van der Waals surface area contributed by atoms with Crippen LogP contribution < -0.4 is 5.73 Å². The van der Waals surface area contributed by atoms with Crippen LogP contribution in [-0.4, -0.2) is 38.7 Å². The van der Waals surface area contributed by atoms with E-state index in [1.807, 2.05) is 0 Å². The Morgan fingerprint density at radius 1 is 1.47 bits per heavy atom. The van der Waals surface area contributed by atoms with Crippen molar-refractivity contribution in [1.29, 1.82) is 0 Å². The Labute approximate surface area is 110 Å². The summed E-state index contributed by atoms with van der Waals surface area (Å²) in [6.45, 7) is 0. The minimum atomic E-state index is -1.17. The Balaban J connectivity index is 2.14. The van der Waals surface area contributed by atoms with Crippen LogP contribution in [0.1, 0.15) is 18.5 Å². The summed E-state index contributed by atoms with van der Waals surface area (Å²) in [5.41, 5.74) is 4.83. The van der Waals surface area contributed by atoms with Crippen molar-refractivity contribution < 1.29 is 24.4 Å². The van der Waals surface area contributed by atoms with Crippen molar-refractivity contribution in [2.45, 2.75) is 12.8 Å². The first-order valence-electron chi connectivity index (χ1n) is 5.04. The van der Waals surface area contributed by atoms with Gasteiger partial charge in [0.1, 0.15) is 5.69 Å². The van der Waals surface area contributed by atoms with Crippen LogP contribution in [0.5, 0.6) is 0 Å². The number of carbonyl (C=O) groups is 3. The van der Waals surface area contributed by atoms with Crippen LogP contribution in [0, 0.1) is 0 Å². The highest BCUT2D eigenvalue weighted by Gasteiger charge is 2.34. The van der Waals surface area contributed by atoms with Crippen molar-refractivity contribution in [3.63, 3.8) is 0 Å². The van der Waals surface area contributed by atoms with Gasteiger partial charge in [0, 0.05) is 18.2 Å². The highest BCUT2D eigenvalue weighted by atomic mass is 32.1. The Hall–Kier alpha value is -2.49. The summed E-state index contributed by atoms with van der Waals surface area (Å²) in [6, 6.07) is 0. The van der Waals surface area contributed by atoms with E-state index in [1.165, 1.54) is 5.38 Å². The molecule has 1 aromatic rings. The number of carbonyl (C=O) groups excluding carboxylic acids is 3. The zero-order valence-corrected chi connectivity index (χ0v) is 10.2. The van der Waals surface area contributed by atoms with Crippen molar-refractivity contribution in [2.75, 3.05) is 5.73 Å². The molecule has 2 amide bonds. The van der Waals surface area contributed by atoms with Gasteiger partial charge in [-0.1, -0.05) is 5.16 Å². The molecule has 0 radical (unpaired) electrons. The fraction of sp³-hybridized carbons (Fsp3) is 0.222. The third kappa shape index (κ3) is 2.52. The predicted octanol–water partition coefficient (Wildman–Crippen LogP) is -0.489. The zero-order chi connectivity index (χ0) is 14.0. The van der Waals surface area contributed by atoms with Crippen molar-refractivity contribution >= 4 is 40.0 Å². The predicted molar refractivity (Wildman–Crippen MR) is 62.0 cm³/mol. The number of anilines is 1. The number of hydroxylamine groups is 2. The molecule has 1 aliphatic rings. The first-order valence-corrected chi connectivity index (χ1v) is 5.92. The second-order valence-electron chi connectivity index (χ2n) is 3.48. The van der Waals surface area contributed by atoms with Crippen LogP contribution in [0.25, 0.3) is 0 Å². The monoisotopic (exact) mass is 284 g/mol. The third-order valence-corrected chi connectivity index (χ3v) is 2.91. The zero-order valence-electron chi connectivity index (χ0n) is 9.40. The number of oxime groups is 1. The second-order valence-corrected chi connectivity index (χ2v) is 4.37. The third-order valence-electron chi connectivity index (χ3n) is 2.24. The highest BCUT2D eigenvalue weighted by molar-refractivity contribution is 7.13. The molecule has 0 atom stereocenters. The molecule has 1 fully saturated rings. The summed E-state index contributed by atoms with van der Waals surface area (Å²) in [7, 11) is 0. The summed E-state index contributed by atoms with van der Waals surface area (Å²) in [5, 5.41) is 13.4. The molecule has 1 saturated heterocycles. The summed E-state index contributed by atoms with van der Waals surface area (Å²) >= 11 is 1.03. The van der Waals surface area contributed by atoms with E-state index in [-0.39, 0.29) is 23.7 Å². The number of imide groups is 1. The van der Waals surface area contributed by atoms with Gasteiger partial charge in [-0.25, -0.2) is 9.78 Å².